The number of thiazole rings is 1. The Morgan fingerprint density at radius 1 is 1.50 bits per heavy atom. The molecule has 0 amide bonds. The first-order valence-corrected chi connectivity index (χ1v) is 7.56. The summed E-state index contributed by atoms with van der Waals surface area (Å²) in [6.45, 7) is 2.15. The summed E-state index contributed by atoms with van der Waals surface area (Å²) in [5.74, 6) is 0.0535. The summed E-state index contributed by atoms with van der Waals surface area (Å²) in [4.78, 5) is 4.16. The third kappa shape index (κ3) is 5.02. The molecule has 92 valence electrons. The Bertz CT molecular complexity index is 414. The molecule has 1 rings (SSSR count). The Kier molecular flexibility index (Phi) is 5.33. The molecular weight excluding hydrogens is 248 g/mol. The topological polar surface area (TPSA) is 79.3 Å². The molecule has 0 unspecified atom stereocenters. The van der Waals surface area contributed by atoms with Crippen LogP contribution >= 0.6 is 11.3 Å². The smallest absolute Gasteiger partial charge is 0.211 e. The molecule has 0 aliphatic carbocycles. The Balaban J connectivity index is 2.36. The molecular formula is C9H16N2O3S2. The highest BCUT2D eigenvalue weighted by Gasteiger charge is 2.10. The van der Waals surface area contributed by atoms with Gasteiger partial charge >= 0.3 is 0 Å². The van der Waals surface area contributed by atoms with Crippen LogP contribution in [0.3, 0.4) is 0 Å². The van der Waals surface area contributed by atoms with Gasteiger partial charge in [0.25, 0.3) is 0 Å². The largest absolute Gasteiger partial charge is 0.396 e. The van der Waals surface area contributed by atoms with Crippen molar-refractivity contribution in [2.24, 2.45) is 0 Å². The summed E-state index contributed by atoms with van der Waals surface area (Å²) in [7, 11) is -3.24. The van der Waals surface area contributed by atoms with Gasteiger partial charge in [0.05, 0.1) is 12.3 Å². The Hall–Kier alpha value is -0.500. The fourth-order valence-electron chi connectivity index (χ4n) is 1.13. The van der Waals surface area contributed by atoms with Gasteiger partial charge in [-0.3, -0.25) is 0 Å². The molecule has 0 atom stereocenters. The summed E-state index contributed by atoms with van der Waals surface area (Å²) in [6.07, 6.45) is 0.986. The van der Waals surface area contributed by atoms with E-state index in [0.29, 0.717) is 12.8 Å². The van der Waals surface area contributed by atoms with Crippen molar-refractivity contribution in [2.75, 3.05) is 12.4 Å². The summed E-state index contributed by atoms with van der Waals surface area (Å²) < 4.78 is 25.4. The van der Waals surface area contributed by atoms with E-state index in [1.807, 2.05) is 12.3 Å². The van der Waals surface area contributed by atoms with Gasteiger partial charge in [0.2, 0.25) is 10.0 Å². The number of rotatable bonds is 7. The Labute approximate surface area is 99.6 Å². The zero-order chi connectivity index (χ0) is 12.0. The van der Waals surface area contributed by atoms with Crippen molar-refractivity contribution in [3.05, 3.63) is 16.1 Å². The molecule has 1 aromatic rings. The monoisotopic (exact) mass is 264 g/mol. The van der Waals surface area contributed by atoms with Gasteiger partial charge in [-0.2, -0.15) is 0 Å². The number of hydrogen-bond donors (Lipinski definition) is 2. The van der Waals surface area contributed by atoms with Gasteiger partial charge in [0, 0.05) is 17.7 Å². The molecule has 0 aromatic carbocycles. The van der Waals surface area contributed by atoms with Crippen molar-refractivity contribution in [1.29, 1.82) is 0 Å². The molecule has 0 aliphatic heterocycles. The lowest BCUT2D eigenvalue weighted by Crippen LogP contribution is -2.26. The van der Waals surface area contributed by atoms with E-state index in [1.165, 1.54) is 11.3 Å². The van der Waals surface area contributed by atoms with Crippen LogP contribution in [0, 0.1) is 6.92 Å². The van der Waals surface area contributed by atoms with Crippen LogP contribution in [-0.2, 0) is 16.6 Å². The van der Waals surface area contributed by atoms with Crippen molar-refractivity contribution in [3.8, 4) is 0 Å². The number of aromatic nitrogens is 1. The zero-order valence-electron chi connectivity index (χ0n) is 9.14. The van der Waals surface area contributed by atoms with E-state index in [9.17, 15) is 8.42 Å². The van der Waals surface area contributed by atoms with Crippen LogP contribution in [0.4, 0.5) is 0 Å². The molecule has 0 fully saturated rings. The van der Waals surface area contributed by atoms with E-state index in [4.69, 9.17) is 5.11 Å². The van der Waals surface area contributed by atoms with E-state index in [0.717, 1.165) is 10.7 Å². The van der Waals surface area contributed by atoms with Gasteiger partial charge in [-0.25, -0.2) is 18.1 Å². The van der Waals surface area contributed by atoms with Gasteiger partial charge in [0.15, 0.2) is 0 Å². The van der Waals surface area contributed by atoms with Crippen LogP contribution in [0.15, 0.2) is 5.38 Å². The van der Waals surface area contributed by atoms with Crippen LogP contribution in [0.25, 0.3) is 0 Å². The lowest BCUT2D eigenvalue weighted by atomic mass is 10.4. The standard InChI is InChI=1S/C9H16N2O3S2/c1-8-7-15-9(11-8)6-10-16(13,14)5-3-2-4-12/h7,10,12H,2-6H2,1H3. The van der Waals surface area contributed by atoms with E-state index in [-0.39, 0.29) is 18.9 Å². The number of nitrogens with zero attached hydrogens (tertiary/aromatic N) is 1. The average molecular weight is 264 g/mol. The number of hydrogen-bond acceptors (Lipinski definition) is 5. The van der Waals surface area contributed by atoms with E-state index >= 15 is 0 Å². The third-order valence-corrected chi connectivity index (χ3v) is 4.31. The third-order valence-electron chi connectivity index (χ3n) is 1.93. The molecule has 5 nitrogen and oxygen atoms in total. The molecule has 2 N–H and O–H groups in total. The number of aliphatic hydroxyl groups excluding tert-OH is 1. The fraction of sp³-hybridized carbons (Fsp3) is 0.667. The van der Waals surface area contributed by atoms with Crippen LogP contribution in [0.1, 0.15) is 23.5 Å². The molecule has 0 spiro atoms. The number of aryl methyl sites for hydroxylation is 1. The molecule has 0 aliphatic rings. The molecule has 0 saturated heterocycles. The van der Waals surface area contributed by atoms with Crippen molar-refractivity contribution in [2.45, 2.75) is 26.3 Å². The molecule has 1 heterocycles. The van der Waals surface area contributed by atoms with E-state index in [2.05, 4.69) is 9.71 Å². The van der Waals surface area contributed by atoms with Gasteiger partial charge in [-0.05, 0) is 19.8 Å². The lowest BCUT2D eigenvalue weighted by Gasteiger charge is -2.04. The molecule has 16 heavy (non-hydrogen) atoms. The second-order valence-corrected chi connectivity index (χ2v) is 6.32. The minimum atomic E-state index is -3.24. The highest BCUT2D eigenvalue weighted by Crippen LogP contribution is 2.08. The Morgan fingerprint density at radius 2 is 2.25 bits per heavy atom. The maximum absolute atomic E-state index is 11.5. The number of sulfonamides is 1. The molecule has 0 saturated carbocycles. The number of nitrogens with one attached hydrogen (secondary N) is 1. The SMILES string of the molecule is Cc1csc(CNS(=O)(=O)CCCCO)n1. The van der Waals surface area contributed by atoms with Gasteiger partial charge in [0.1, 0.15) is 5.01 Å². The minimum Gasteiger partial charge on any atom is -0.396 e. The summed E-state index contributed by atoms with van der Waals surface area (Å²) >= 11 is 1.44. The first kappa shape index (κ1) is 13.6. The average Bonchev–Trinajstić information content (AvgIpc) is 2.62. The Morgan fingerprint density at radius 3 is 2.81 bits per heavy atom. The van der Waals surface area contributed by atoms with Crippen molar-refractivity contribution in [3.63, 3.8) is 0 Å². The molecule has 7 heteroatoms. The van der Waals surface area contributed by atoms with Crippen molar-refractivity contribution < 1.29 is 13.5 Å². The number of unbranched alkanes of at least 4 members (excludes halogenated alkanes) is 1. The summed E-state index contributed by atoms with van der Waals surface area (Å²) in [6, 6.07) is 0. The second kappa shape index (κ2) is 6.29. The molecule has 0 radical (unpaired) electrons. The zero-order valence-corrected chi connectivity index (χ0v) is 10.8. The molecule has 1 aromatic heterocycles. The minimum absolute atomic E-state index is 0.0290. The maximum atomic E-state index is 11.5. The van der Waals surface area contributed by atoms with E-state index < -0.39 is 10.0 Å². The molecule has 0 bridgehead atoms. The first-order valence-electron chi connectivity index (χ1n) is 5.03. The maximum Gasteiger partial charge on any atom is 0.211 e. The van der Waals surface area contributed by atoms with Gasteiger partial charge in [-0.1, -0.05) is 0 Å². The highest BCUT2D eigenvalue weighted by atomic mass is 32.2. The van der Waals surface area contributed by atoms with Crippen LogP contribution < -0.4 is 4.72 Å². The predicted octanol–water partition coefficient (Wildman–Crippen LogP) is 0.643. The first-order chi connectivity index (χ1) is 7.53. The lowest BCUT2D eigenvalue weighted by molar-refractivity contribution is 0.287. The fourth-order valence-corrected chi connectivity index (χ4v) is 3.02. The van der Waals surface area contributed by atoms with Gasteiger partial charge in [-0.15, -0.1) is 11.3 Å². The summed E-state index contributed by atoms with van der Waals surface area (Å²) in [5, 5.41) is 11.2. The van der Waals surface area contributed by atoms with Crippen LogP contribution in [-0.4, -0.2) is 30.9 Å². The quantitative estimate of drug-likeness (QED) is 0.708. The van der Waals surface area contributed by atoms with E-state index in [1.54, 1.807) is 0 Å². The van der Waals surface area contributed by atoms with Crippen LogP contribution in [0.5, 0.6) is 0 Å². The summed E-state index contributed by atoms with van der Waals surface area (Å²) in [5.41, 5.74) is 0.902. The predicted molar refractivity (Wildman–Crippen MR) is 63.8 cm³/mol. The highest BCUT2D eigenvalue weighted by molar-refractivity contribution is 7.89. The normalized spacial score (nSPS) is 11.9. The second-order valence-electron chi connectivity index (χ2n) is 3.45. The van der Waals surface area contributed by atoms with Crippen molar-refractivity contribution >= 4 is 21.4 Å². The van der Waals surface area contributed by atoms with Gasteiger partial charge < -0.3 is 5.11 Å². The van der Waals surface area contributed by atoms with Crippen molar-refractivity contribution in [1.82, 2.24) is 9.71 Å². The number of aliphatic hydroxyl groups is 1. The van der Waals surface area contributed by atoms with Crippen LogP contribution in [0.2, 0.25) is 0 Å².